The second-order valence-electron chi connectivity index (χ2n) is 4.27. The van der Waals surface area contributed by atoms with Crippen molar-refractivity contribution in [3.8, 4) is 0 Å². The van der Waals surface area contributed by atoms with E-state index < -0.39 is 0 Å². The molecule has 0 aliphatic heterocycles. The molecule has 1 heterocycles. The lowest BCUT2D eigenvalue weighted by atomic mass is 10.1. The Morgan fingerprint density at radius 1 is 1.24 bits per heavy atom. The highest BCUT2D eigenvalue weighted by Crippen LogP contribution is 2.04. The summed E-state index contributed by atoms with van der Waals surface area (Å²) in [5.74, 6) is -0.0216. The zero-order chi connectivity index (χ0) is 12.3. The number of aromatic nitrogens is 1. The summed E-state index contributed by atoms with van der Waals surface area (Å²) in [6, 6.07) is 3.56. The number of nitrogens with zero attached hydrogens (tertiary/aromatic N) is 1. The highest BCUT2D eigenvalue weighted by Gasteiger charge is 2.02. The number of unbranched alkanes of at least 4 members (excludes halogenated alkanes) is 5. The van der Waals surface area contributed by atoms with Crippen molar-refractivity contribution < 1.29 is 4.79 Å². The first-order valence-corrected chi connectivity index (χ1v) is 6.53. The van der Waals surface area contributed by atoms with Crippen LogP contribution in [-0.4, -0.2) is 17.4 Å². The van der Waals surface area contributed by atoms with Gasteiger partial charge in [0.2, 0.25) is 0 Å². The van der Waals surface area contributed by atoms with E-state index in [1.807, 2.05) is 0 Å². The maximum absolute atomic E-state index is 11.6. The maximum Gasteiger partial charge on any atom is 0.252 e. The van der Waals surface area contributed by atoms with Gasteiger partial charge in [-0.25, -0.2) is 0 Å². The average molecular weight is 234 g/mol. The van der Waals surface area contributed by atoms with E-state index in [1.54, 1.807) is 24.5 Å². The highest BCUT2D eigenvalue weighted by molar-refractivity contribution is 5.93. The third kappa shape index (κ3) is 6.05. The summed E-state index contributed by atoms with van der Waals surface area (Å²) in [5.41, 5.74) is 0.637. The lowest BCUT2D eigenvalue weighted by molar-refractivity contribution is 0.0952. The minimum Gasteiger partial charge on any atom is -0.352 e. The van der Waals surface area contributed by atoms with Gasteiger partial charge in [-0.2, -0.15) is 0 Å². The van der Waals surface area contributed by atoms with E-state index in [1.165, 1.54) is 32.1 Å². The monoisotopic (exact) mass is 234 g/mol. The highest BCUT2D eigenvalue weighted by atomic mass is 16.1. The van der Waals surface area contributed by atoms with Crippen molar-refractivity contribution in [1.82, 2.24) is 10.3 Å². The molecule has 0 unspecified atom stereocenters. The molecular formula is C14H22N2O. The van der Waals surface area contributed by atoms with Gasteiger partial charge in [-0.15, -0.1) is 0 Å². The molecule has 1 aromatic heterocycles. The number of carbonyl (C=O) groups excluding carboxylic acids is 1. The van der Waals surface area contributed by atoms with Crippen molar-refractivity contribution in [3.05, 3.63) is 30.1 Å². The number of hydrogen-bond acceptors (Lipinski definition) is 2. The fourth-order valence-corrected chi connectivity index (χ4v) is 1.71. The first kappa shape index (κ1) is 13.7. The summed E-state index contributed by atoms with van der Waals surface area (Å²) in [6.07, 6.45) is 10.7. The van der Waals surface area contributed by atoms with E-state index in [9.17, 15) is 4.79 Å². The molecule has 17 heavy (non-hydrogen) atoms. The van der Waals surface area contributed by atoms with Crippen LogP contribution in [0.15, 0.2) is 24.5 Å². The minimum absolute atomic E-state index is 0.0216. The van der Waals surface area contributed by atoms with Crippen molar-refractivity contribution in [2.75, 3.05) is 6.54 Å². The van der Waals surface area contributed by atoms with Gasteiger partial charge in [0.05, 0.1) is 5.56 Å². The summed E-state index contributed by atoms with van der Waals surface area (Å²) in [6.45, 7) is 2.98. The predicted octanol–water partition coefficient (Wildman–Crippen LogP) is 3.17. The molecule has 0 aliphatic rings. The summed E-state index contributed by atoms with van der Waals surface area (Å²) >= 11 is 0. The van der Waals surface area contributed by atoms with Crippen LogP contribution in [0.25, 0.3) is 0 Å². The van der Waals surface area contributed by atoms with E-state index in [2.05, 4.69) is 17.2 Å². The molecular weight excluding hydrogens is 212 g/mol. The Bertz CT molecular complexity index is 311. The first-order valence-electron chi connectivity index (χ1n) is 6.53. The number of amides is 1. The Kier molecular flexibility index (Phi) is 7.03. The van der Waals surface area contributed by atoms with E-state index >= 15 is 0 Å². The number of nitrogens with one attached hydrogen (secondary N) is 1. The third-order valence-corrected chi connectivity index (χ3v) is 2.74. The first-order chi connectivity index (χ1) is 8.34. The van der Waals surface area contributed by atoms with Gasteiger partial charge in [0.15, 0.2) is 0 Å². The number of carbonyl (C=O) groups is 1. The van der Waals surface area contributed by atoms with Gasteiger partial charge >= 0.3 is 0 Å². The van der Waals surface area contributed by atoms with E-state index in [0.29, 0.717) is 5.56 Å². The zero-order valence-corrected chi connectivity index (χ0v) is 10.6. The molecule has 0 fully saturated rings. The van der Waals surface area contributed by atoms with Crippen molar-refractivity contribution >= 4 is 5.91 Å². The van der Waals surface area contributed by atoms with Crippen LogP contribution in [0.4, 0.5) is 0 Å². The quantitative estimate of drug-likeness (QED) is 0.702. The minimum atomic E-state index is -0.0216. The molecule has 1 N–H and O–H groups in total. The number of pyridine rings is 1. The van der Waals surface area contributed by atoms with Gasteiger partial charge in [-0.1, -0.05) is 39.0 Å². The molecule has 94 valence electrons. The second-order valence-corrected chi connectivity index (χ2v) is 4.27. The second kappa shape index (κ2) is 8.74. The van der Waals surface area contributed by atoms with Crippen molar-refractivity contribution in [2.24, 2.45) is 0 Å². The van der Waals surface area contributed by atoms with Crippen LogP contribution < -0.4 is 5.32 Å². The zero-order valence-electron chi connectivity index (χ0n) is 10.6. The van der Waals surface area contributed by atoms with Crippen LogP contribution in [0.2, 0.25) is 0 Å². The summed E-state index contributed by atoms with van der Waals surface area (Å²) in [4.78, 5) is 15.6. The Morgan fingerprint density at radius 2 is 2.00 bits per heavy atom. The molecule has 0 atom stereocenters. The fourth-order valence-electron chi connectivity index (χ4n) is 1.71. The van der Waals surface area contributed by atoms with Crippen LogP contribution in [0, 0.1) is 0 Å². The Hall–Kier alpha value is -1.38. The number of rotatable bonds is 8. The average Bonchev–Trinajstić information content (AvgIpc) is 2.38. The normalized spacial score (nSPS) is 10.2. The molecule has 0 saturated heterocycles. The van der Waals surface area contributed by atoms with Crippen molar-refractivity contribution in [2.45, 2.75) is 45.4 Å². The standard InChI is InChI=1S/C14H22N2O/c1-2-3-4-5-6-7-11-16-14(17)13-9-8-10-15-12-13/h8-10,12H,2-7,11H2,1H3,(H,16,17). The molecule has 0 saturated carbocycles. The van der Waals surface area contributed by atoms with Crippen LogP contribution in [0.1, 0.15) is 55.8 Å². The van der Waals surface area contributed by atoms with Gasteiger partial charge in [-0.05, 0) is 18.6 Å². The molecule has 0 bridgehead atoms. The van der Waals surface area contributed by atoms with E-state index in [4.69, 9.17) is 0 Å². The molecule has 1 aromatic rings. The van der Waals surface area contributed by atoms with Crippen LogP contribution >= 0.6 is 0 Å². The molecule has 0 radical (unpaired) electrons. The Morgan fingerprint density at radius 3 is 2.71 bits per heavy atom. The van der Waals surface area contributed by atoms with Gasteiger partial charge in [0.1, 0.15) is 0 Å². The third-order valence-electron chi connectivity index (χ3n) is 2.74. The molecule has 3 nitrogen and oxygen atoms in total. The van der Waals surface area contributed by atoms with Gasteiger partial charge in [0.25, 0.3) is 5.91 Å². The molecule has 0 spiro atoms. The summed E-state index contributed by atoms with van der Waals surface area (Å²) in [5, 5.41) is 2.91. The van der Waals surface area contributed by atoms with Gasteiger partial charge in [0, 0.05) is 18.9 Å². The van der Waals surface area contributed by atoms with Gasteiger partial charge in [-0.3, -0.25) is 9.78 Å². The van der Waals surface area contributed by atoms with Crippen LogP contribution in [0.3, 0.4) is 0 Å². The van der Waals surface area contributed by atoms with Crippen molar-refractivity contribution in [1.29, 1.82) is 0 Å². The smallest absolute Gasteiger partial charge is 0.252 e. The Balaban J connectivity index is 2.05. The Labute approximate surface area is 104 Å². The van der Waals surface area contributed by atoms with Crippen LogP contribution in [-0.2, 0) is 0 Å². The topological polar surface area (TPSA) is 42.0 Å². The molecule has 3 heteroatoms. The fraction of sp³-hybridized carbons (Fsp3) is 0.571. The molecule has 0 aromatic carbocycles. The van der Waals surface area contributed by atoms with E-state index in [-0.39, 0.29) is 5.91 Å². The lowest BCUT2D eigenvalue weighted by Crippen LogP contribution is -2.24. The van der Waals surface area contributed by atoms with Crippen LogP contribution in [0.5, 0.6) is 0 Å². The summed E-state index contributed by atoms with van der Waals surface area (Å²) < 4.78 is 0. The largest absolute Gasteiger partial charge is 0.352 e. The maximum atomic E-state index is 11.6. The summed E-state index contributed by atoms with van der Waals surface area (Å²) in [7, 11) is 0. The molecule has 0 aliphatic carbocycles. The molecule has 1 rings (SSSR count). The van der Waals surface area contributed by atoms with Crippen molar-refractivity contribution in [3.63, 3.8) is 0 Å². The van der Waals surface area contributed by atoms with Gasteiger partial charge < -0.3 is 5.32 Å². The molecule has 1 amide bonds. The lowest BCUT2D eigenvalue weighted by Gasteiger charge is -2.04. The SMILES string of the molecule is CCCCCCCCNC(=O)c1cccnc1. The predicted molar refractivity (Wildman–Crippen MR) is 69.9 cm³/mol. The van der Waals surface area contributed by atoms with E-state index in [0.717, 1.165) is 13.0 Å². The number of hydrogen-bond donors (Lipinski definition) is 1.